The van der Waals surface area contributed by atoms with E-state index in [2.05, 4.69) is 15.3 Å². The van der Waals surface area contributed by atoms with Gasteiger partial charge in [-0.25, -0.2) is 4.98 Å². The number of rotatable bonds is 1. The molecule has 0 aliphatic heterocycles. The van der Waals surface area contributed by atoms with Crippen LogP contribution in [0, 0.1) is 0 Å². The molecule has 2 heterocycles. The largest absolute Gasteiger partial charge is 0.508 e. The van der Waals surface area contributed by atoms with Crippen LogP contribution in [0.15, 0.2) is 42.6 Å². The predicted octanol–water partition coefficient (Wildman–Crippen LogP) is 1.52. The van der Waals surface area contributed by atoms with Crippen molar-refractivity contribution in [2.45, 2.75) is 0 Å². The molecular weight excluding hydrogens is 204 g/mol. The second kappa shape index (κ2) is 3.30. The van der Waals surface area contributed by atoms with E-state index >= 15 is 0 Å². The Morgan fingerprint density at radius 2 is 2.06 bits per heavy atom. The third kappa shape index (κ3) is 1.30. The average molecular weight is 212 g/mol. The summed E-state index contributed by atoms with van der Waals surface area (Å²) in [5.74, 6) is 0.192. The fraction of sp³-hybridized carbons (Fsp3) is 0. The summed E-state index contributed by atoms with van der Waals surface area (Å²) in [6, 6.07) is 10.5. The van der Waals surface area contributed by atoms with Gasteiger partial charge in [-0.05, 0) is 24.3 Å². The molecule has 0 amide bonds. The molecule has 0 bridgehead atoms. The first-order valence-corrected chi connectivity index (χ1v) is 4.80. The van der Waals surface area contributed by atoms with Gasteiger partial charge in [-0.1, -0.05) is 11.3 Å². The van der Waals surface area contributed by atoms with Crippen molar-refractivity contribution in [3.8, 4) is 11.4 Å². The maximum Gasteiger partial charge on any atom is 0.183 e. The van der Waals surface area contributed by atoms with Gasteiger partial charge in [0.25, 0.3) is 0 Å². The zero-order valence-electron chi connectivity index (χ0n) is 8.28. The number of aromatic nitrogens is 4. The SMILES string of the molecule is Oc1cccc(-n2nnc3cccnc32)c1. The molecule has 0 unspecified atom stereocenters. The van der Waals surface area contributed by atoms with Crippen LogP contribution >= 0.6 is 0 Å². The van der Waals surface area contributed by atoms with Crippen molar-refractivity contribution in [1.29, 1.82) is 0 Å². The fourth-order valence-electron chi connectivity index (χ4n) is 1.56. The van der Waals surface area contributed by atoms with Crippen LogP contribution in [-0.2, 0) is 0 Å². The number of aromatic hydroxyl groups is 1. The van der Waals surface area contributed by atoms with E-state index in [1.165, 1.54) is 0 Å². The number of pyridine rings is 1. The number of hydrogen-bond donors (Lipinski definition) is 1. The summed E-state index contributed by atoms with van der Waals surface area (Å²) in [5, 5.41) is 17.4. The Morgan fingerprint density at radius 3 is 2.94 bits per heavy atom. The van der Waals surface area contributed by atoms with Crippen LogP contribution < -0.4 is 0 Å². The van der Waals surface area contributed by atoms with E-state index in [0.717, 1.165) is 11.2 Å². The molecule has 1 N–H and O–H groups in total. The molecule has 5 nitrogen and oxygen atoms in total. The fourth-order valence-corrected chi connectivity index (χ4v) is 1.56. The number of nitrogens with zero attached hydrogens (tertiary/aromatic N) is 4. The van der Waals surface area contributed by atoms with Crippen LogP contribution in [0.5, 0.6) is 5.75 Å². The van der Waals surface area contributed by atoms with Gasteiger partial charge in [-0.15, -0.1) is 5.10 Å². The number of hydrogen-bond acceptors (Lipinski definition) is 4. The highest BCUT2D eigenvalue weighted by Gasteiger charge is 2.06. The summed E-state index contributed by atoms with van der Waals surface area (Å²) >= 11 is 0. The first-order chi connectivity index (χ1) is 7.84. The Hall–Kier alpha value is -2.43. The molecule has 0 saturated carbocycles. The molecule has 2 aromatic heterocycles. The quantitative estimate of drug-likeness (QED) is 0.664. The van der Waals surface area contributed by atoms with Gasteiger partial charge in [0.05, 0.1) is 5.69 Å². The summed E-state index contributed by atoms with van der Waals surface area (Å²) in [6.45, 7) is 0. The summed E-state index contributed by atoms with van der Waals surface area (Å²) < 4.78 is 1.59. The molecule has 0 aliphatic carbocycles. The zero-order chi connectivity index (χ0) is 11.0. The van der Waals surface area contributed by atoms with Crippen molar-refractivity contribution < 1.29 is 5.11 Å². The third-order valence-corrected chi connectivity index (χ3v) is 2.28. The van der Waals surface area contributed by atoms with Crippen LogP contribution in [0.3, 0.4) is 0 Å². The minimum atomic E-state index is 0.192. The molecule has 0 spiro atoms. The summed E-state index contributed by atoms with van der Waals surface area (Å²) in [5.41, 5.74) is 2.14. The van der Waals surface area contributed by atoms with E-state index in [-0.39, 0.29) is 5.75 Å². The highest BCUT2D eigenvalue weighted by molar-refractivity contribution is 5.71. The van der Waals surface area contributed by atoms with E-state index in [0.29, 0.717) is 5.65 Å². The molecule has 3 aromatic rings. The third-order valence-electron chi connectivity index (χ3n) is 2.28. The predicted molar refractivity (Wildman–Crippen MR) is 58.3 cm³/mol. The van der Waals surface area contributed by atoms with E-state index in [1.54, 1.807) is 29.1 Å². The lowest BCUT2D eigenvalue weighted by atomic mass is 10.3. The van der Waals surface area contributed by atoms with Crippen LogP contribution in [0.2, 0.25) is 0 Å². The first-order valence-electron chi connectivity index (χ1n) is 4.80. The second-order valence-electron chi connectivity index (χ2n) is 3.37. The molecule has 0 radical (unpaired) electrons. The molecule has 5 heteroatoms. The second-order valence-corrected chi connectivity index (χ2v) is 3.37. The Kier molecular flexibility index (Phi) is 1.83. The van der Waals surface area contributed by atoms with E-state index in [4.69, 9.17) is 0 Å². The van der Waals surface area contributed by atoms with Crippen molar-refractivity contribution >= 4 is 11.2 Å². The molecule has 0 aliphatic rings. The van der Waals surface area contributed by atoms with Gasteiger partial charge in [-0.2, -0.15) is 4.68 Å². The van der Waals surface area contributed by atoms with Gasteiger partial charge in [0, 0.05) is 12.3 Å². The molecule has 0 saturated heterocycles. The summed E-state index contributed by atoms with van der Waals surface area (Å²) in [4.78, 5) is 4.20. The van der Waals surface area contributed by atoms with Crippen molar-refractivity contribution in [1.82, 2.24) is 20.0 Å². The number of benzene rings is 1. The van der Waals surface area contributed by atoms with Gasteiger partial charge in [0.15, 0.2) is 5.65 Å². The topological polar surface area (TPSA) is 63.8 Å². The molecule has 0 atom stereocenters. The van der Waals surface area contributed by atoms with Gasteiger partial charge >= 0.3 is 0 Å². The zero-order valence-corrected chi connectivity index (χ0v) is 8.28. The monoisotopic (exact) mass is 212 g/mol. The molecule has 1 aromatic carbocycles. The average Bonchev–Trinajstić information content (AvgIpc) is 2.72. The minimum absolute atomic E-state index is 0.192. The van der Waals surface area contributed by atoms with Gasteiger partial charge in [0.2, 0.25) is 0 Å². The lowest BCUT2D eigenvalue weighted by molar-refractivity contribution is 0.475. The first kappa shape index (κ1) is 8.84. The maximum absolute atomic E-state index is 9.40. The summed E-state index contributed by atoms with van der Waals surface area (Å²) in [6.07, 6.45) is 1.69. The number of fused-ring (bicyclic) bond motifs is 1. The highest BCUT2D eigenvalue weighted by atomic mass is 16.3. The molecule has 0 fully saturated rings. The Balaban J connectivity index is 2.26. The van der Waals surface area contributed by atoms with Gasteiger partial charge in [-0.3, -0.25) is 0 Å². The lowest BCUT2D eigenvalue weighted by Crippen LogP contribution is -1.97. The van der Waals surface area contributed by atoms with Crippen LogP contribution in [0.1, 0.15) is 0 Å². The molecular formula is C11H8N4O. The summed E-state index contributed by atoms with van der Waals surface area (Å²) in [7, 11) is 0. The van der Waals surface area contributed by atoms with Crippen molar-refractivity contribution in [3.63, 3.8) is 0 Å². The maximum atomic E-state index is 9.40. The number of phenols is 1. The van der Waals surface area contributed by atoms with Crippen LogP contribution in [0.4, 0.5) is 0 Å². The van der Waals surface area contributed by atoms with Gasteiger partial charge < -0.3 is 5.11 Å². The van der Waals surface area contributed by atoms with Gasteiger partial charge in [0.1, 0.15) is 11.3 Å². The minimum Gasteiger partial charge on any atom is -0.508 e. The molecule has 16 heavy (non-hydrogen) atoms. The van der Waals surface area contributed by atoms with Crippen LogP contribution in [-0.4, -0.2) is 25.1 Å². The van der Waals surface area contributed by atoms with Crippen molar-refractivity contribution in [2.24, 2.45) is 0 Å². The van der Waals surface area contributed by atoms with E-state index in [9.17, 15) is 5.11 Å². The lowest BCUT2D eigenvalue weighted by Gasteiger charge is -2.01. The Morgan fingerprint density at radius 1 is 1.12 bits per heavy atom. The Labute approximate surface area is 91.0 Å². The van der Waals surface area contributed by atoms with Crippen molar-refractivity contribution in [2.75, 3.05) is 0 Å². The Bertz CT molecular complexity index is 647. The standard InChI is InChI=1S/C11H8N4O/c16-9-4-1-3-8(7-9)15-11-10(13-14-15)5-2-6-12-11/h1-7,16H. The van der Waals surface area contributed by atoms with E-state index < -0.39 is 0 Å². The van der Waals surface area contributed by atoms with E-state index in [1.807, 2.05) is 18.2 Å². The smallest absolute Gasteiger partial charge is 0.183 e. The molecule has 3 rings (SSSR count). The highest BCUT2D eigenvalue weighted by Crippen LogP contribution is 2.17. The van der Waals surface area contributed by atoms with Crippen molar-refractivity contribution in [3.05, 3.63) is 42.6 Å². The normalized spacial score (nSPS) is 10.8. The number of phenolic OH excluding ortho intramolecular Hbond substituents is 1. The molecule has 78 valence electrons. The van der Waals surface area contributed by atoms with Crippen LogP contribution in [0.25, 0.3) is 16.9 Å².